The van der Waals surface area contributed by atoms with Crippen molar-refractivity contribution in [1.29, 1.82) is 0 Å². The van der Waals surface area contributed by atoms with Crippen molar-refractivity contribution in [2.24, 2.45) is 0 Å². The van der Waals surface area contributed by atoms with Crippen molar-refractivity contribution in [3.8, 4) is 5.75 Å². The Morgan fingerprint density at radius 3 is 2.34 bits per heavy atom. The van der Waals surface area contributed by atoms with Gasteiger partial charge in [-0.25, -0.2) is 4.39 Å². The number of likely N-dealkylation sites (tertiary alicyclic amines) is 1. The number of aliphatic carboxylic acids is 1. The van der Waals surface area contributed by atoms with Crippen LogP contribution >= 0.6 is 0 Å². The minimum absolute atomic E-state index is 0.00697. The lowest BCUT2D eigenvalue weighted by molar-refractivity contribution is -0.140. The summed E-state index contributed by atoms with van der Waals surface area (Å²) >= 11 is 0. The maximum Gasteiger partial charge on any atom is 0.303 e. The summed E-state index contributed by atoms with van der Waals surface area (Å²) in [5.41, 5.74) is 0.217. The predicted molar refractivity (Wildman–Crippen MR) is 115 cm³/mol. The molecular weight excluding hydrogens is 417 g/mol. The topological polar surface area (TPSA) is 104 Å². The molecule has 0 aliphatic carbocycles. The van der Waals surface area contributed by atoms with Crippen LogP contribution in [-0.2, 0) is 14.4 Å². The van der Waals surface area contributed by atoms with Crippen LogP contribution in [-0.4, -0.2) is 46.4 Å². The van der Waals surface area contributed by atoms with Gasteiger partial charge in [0.15, 0.2) is 0 Å². The first-order chi connectivity index (χ1) is 15.3. The first-order valence-corrected chi connectivity index (χ1v) is 10.2. The predicted octanol–water partition coefficient (Wildman–Crippen LogP) is 3.90. The summed E-state index contributed by atoms with van der Waals surface area (Å²) in [6.07, 6.45) is 1.40. The van der Waals surface area contributed by atoms with Crippen LogP contribution in [0.4, 0.5) is 4.39 Å². The van der Waals surface area contributed by atoms with Gasteiger partial charge in [-0.3, -0.25) is 14.4 Å². The summed E-state index contributed by atoms with van der Waals surface area (Å²) in [6.45, 7) is 0.128. The molecule has 0 aromatic heterocycles. The number of unbranched alkanes of at least 4 members (excludes halogenated alkanes) is 2. The number of Topliss-reactive ketones (excluding diaryl/α,β-unsaturated/α-hetero) is 1. The average Bonchev–Trinajstić information content (AvgIpc) is 3.03. The van der Waals surface area contributed by atoms with Gasteiger partial charge in [0.1, 0.15) is 17.3 Å². The minimum atomic E-state index is -1.09. The molecule has 32 heavy (non-hydrogen) atoms. The molecule has 1 atom stereocenters. The zero-order valence-electron chi connectivity index (χ0n) is 17.6. The summed E-state index contributed by atoms with van der Waals surface area (Å²) < 4.78 is 19.8. The molecule has 1 aliphatic heterocycles. The Kier molecular flexibility index (Phi) is 7.25. The second-order valence-corrected chi connectivity index (χ2v) is 7.45. The highest BCUT2D eigenvalue weighted by molar-refractivity contribution is 6.46. The van der Waals surface area contributed by atoms with Gasteiger partial charge in [0.2, 0.25) is 0 Å². The summed E-state index contributed by atoms with van der Waals surface area (Å²) in [5, 5.41) is 19.7. The number of carbonyl (C=O) groups is 3. The van der Waals surface area contributed by atoms with Crippen LogP contribution in [0, 0.1) is 5.82 Å². The number of methoxy groups -OCH3 is 1. The number of rotatable bonds is 9. The molecule has 1 fully saturated rings. The van der Waals surface area contributed by atoms with Gasteiger partial charge in [-0.05, 0) is 43.2 Å². The van der Waals surface area contributed by atoms with Gasteiger partial charge < -0.3 is 19.8 Å². The number of ether oxygens (including phenoxy) is 1. The minimum Gasteiger partial charge on any atom is -0.507 e. The molecule has 168 valence electrons. The van der Waals surface area contributed by atoms with E-state index in [9.17, 15) is 23.9 Å². The Labute approximate surface area is 184 Å². The first-order valence-electron chi connectivity index (χ1n) is 10.2. The molecule has 0 saturated carbocycles. The number of benzene rings is 2. The van der Waals surface area contributed by atoms with Gasteiger partial charge >= 0.3 is 5.97 Å². The van der Waals surface area contributed by atoms with Crippen LogP contribution in [0.2, 0.25) is 0 Å². The number of aliphatic hydroxyl groups is 1. The first kappa shape index (κ1) is 23.0. The van der Waals surface area contributed by atoms with E-state index in [-0.39, 0.29) is 24.1 Å². The number of amides is 1. The summed E-state index contributed by atoms with van der Waals surface area (Å²) in [5.74, 6) is -3.07. The van der Waals surface area contributed by atoms with Crippen LogP contribution in [0.5, 0.6) is 5.75 Å². The van der Waals surface area contributed by atoms with Gasteiger partial charge in [-0.2, -0.15) is 0 Å². The molecule has 0 bridgehead atoms. The third-order valence-electron chi connectivity index (χ3n) is 5.39. The maximum atomic E-state index is 14.7. The van der Waals surface area contributed by atoms with Gasteiger partial charge in [0.25, 0.3) is 11.7 Å². The monoisotopic (exact) mass is 441 g/mol. The zero-order chi connectivity index (χ0) is 23.3. The maximum absolute atomic E-state index is 14.7. The van der Waals surface area contributed by atoms with Crippen LogP contribution in [0.15, 0.2) is 54.1 Å². The molecule has 1 unspecified atom stereocenters. The number of carbonyl (C=O) groups excluding carboxylic acids is 2. The van der Waals surface area contributed by atoms with E-state index in [0.717, 1.165) is 0 Å². The third kappa shape index (κ3) is 4.80. The van der Waals surface area contributed by atoms with E-state index < -0.39 is 35.3 Å². The molecule has 1 saturated heterocycles. The molecule has 1 aliphatic rings. The van der Waals surface area contributed by atoms with Crippen LogP contribution in [0.25, 0.3) is 5.76 Å². The van der Waals surface area contributed by atoms with E-state index in [4.69, 9.17) is 9.84 Å². The SMILES string of the molecule is COc1ccc(C(O)=C2C(=O)C(=O)N(CCCCCC(=O)O)C2c2ccccc2F)cc1. The molecule has 7 nitrogen and oxygen atoms in total. The van der Waals surface area contributed by atoms with E-state index in [1.54, 1.807) is 30.3 Å². The van der Waals surface area contributed by atoms with Crippen LogP contribution in [0.3, 0.4) is 0 Å². The lowest BCUT2D eigenvalue weighted by Gasteiger charge is -2.25. The Hall–Kier alpha value is -3.68. The highest BCUT2D eigenvalue weighted by atomic mass is 19.1. The molecule has 1 heterocycles. The molecule has 2 aromatic rings. The van der Waals surface area contributed by atoms with Crippen molar-refractivity contribution in [2.75, 3.05) is 13.7 Å². The van der Waals surface area contributed by atoms with Crippen molar-refractivity contribution in [2.45, 2.75) is 31.7 Å². The number of halogens is 1. The Bertz CT molecular complexity index is 1050. The fraction of sp³-hybridized carbons (Fsp3) is 0.292. The summed E-state index contributed by atoms with van der Waals surface area (Å²) in [6, 6.07) is 11.0. The Morgan fingerprint density at radius 1 is 1.03 bits per heavy atom. The number of hydrogen-bond donors (Lipinski definition) is 2. The van der Waals surface area contributed by atoms with E-state index in [0.29, 0.717) is 30.6 Å². The van der Waals surface area contributed by atoms with Gasteiger partial charge in [0, 0.05) is 24.1 Å². The van der Waals surface area contributed by atoms with Crippen LogP contribution in [0.1, 0.15) is 42.9 Å². The lowest BCUT2D eigenvalue weighted by Crippen LogP contribution is -2.31. The smallest absolute Gasteiger partial charge is 0.303 e. The van der Waals surface area contributed by atoms with Crippen molar-refractivity contribution in [3.63, 3.8) is 0 Å². The molecule has 3 rings (SSSR count). The van der Waals surface area contributed by atoms with Gasteiger partial charge in [-0.1, -0.05) is 24.6 Å². The number of carboxylic acids is 1. The summed E-state index contributed by atoms with van der Waals surface area (Å²) in [7, 11) is 1.50. The standard InChI is InChI=1S/C24H24FNO6/c1-32-16-12-10-15(11-13-16)22(29)20-21(17-7-4-5-8-18(17)25)26(24(31)23(20)30)14-6-2-3-9-19(27)28/h4-5,7-8,10-13,21,29H,2-3,6,9,14H2,1H3,(H,27,28). The fourth-order valence-electron chi connectivity index (χ4n) is 3.77. The lowest BCUT2D eigenvalue weighted by atomic mass is 9.95. The van der Waals surface area contributed by atoms with Crippen molar-refractivity contribution < 1.29 is 33.7 Å². The van der Waals surface area contributed by atoms with Crippen molar-refractivity contribution in [1.82, 2.24) is 4.90 Å². The fourth-order valence-corrected chi connectivity index (χ4v) is 3.77. The van der Waals surface area contributed by atoms with Gasteiger partial charge in [0.05, 0.1) is 18.7 Å². The molecule has 1 amide bonds. The number of ketones is 1. The highest BCUT2D eigenvalue weighted by Crippen LogP contribution is 2.40. The zero-order valence-corrected chi connectivity index (χ0v) is 17.6. The van der Waals surface area contributed by atoms with E-state index in [2.05, 4.69) is 0 Å². The molecule has 0 spiro atoms. The van der Waals surface area contributed by atoms with Crippen molar-refractivity contribution >= 4 is 23.4 Å². The van der Waals surface area contributed by atoms with Crippen molar-refractivity contribution in [3.05, 3.63) is 71.0 Å². The third-order valence-corrected chi connectivity index (χ3v) is 5.39. The van der Waals surface area contributed by atoms with E-state index in [1.807, 2.05) is 0 Å². The molecular formula is C24H24FNO6. The van der Waals surface area contributed by atoms with E-state index >= 15 is 0 Å². The number of aliphatic hydroxyl groups excluding tert-OH is 1. The Morgan fingerprint density at radius 2 is 1.72 bits per heavy atom. The Balaban J connectivity index is 1.99. The molecule has 2 aromatic carbocycles. The van der Waals surface area contributed by atoms with Crippen LogP contribution < -0.4 is 4.74 Å². The second-order valence-electron chi connectivity index (χ2n) is 7.45. The number of carboxylic acid groups (broad SMARTS) is 1. The van der Waals surface area contributed by atoms with E-state index in [1.165, 1.54) is 30.2 Å². The number of hydrogen-bond acceptors (Lipinski definition) is 5. The molecule has 8 heteroatoms. The summed E-state index contributed by atoms with van der Waals surface area (Å²) in [4.78, 5) is 37.6. The number of nitrogens with zero attached hydrogens (tertiary/aromatic N) is 1. The largest absolute Gasteiger partial charge is 0.507 e. The molecule has 2 N–H and O–H groups in total. The quantitative estimate of drug-likeness (QED) is 0.265. The van der Waals surface area contributed by atoms with Gasteiger partial charge in [-0.15, -0.1) is 0 Å². The normalized spacial score (nSPS) is 17.6. The molecule has 0 radical (unpaired) electrons. The second kappa shape index (κ2) is 10.1. The highest BCUT2D eigenvalue weighted by Gasteiger charge is 2.46. The average molecular weight is 441 g/mol.